The number of nitrogens with zero attached hydrogens (tertiary/aromatic N) is 1. The lowest BCUT2D eigenvalue weighted by atomic mass is 10.2. The average Bonchev–Trinajstić information content (AvgIpc) is 2.41. The van der Waals surface area contributed by atoms with Gasteiger partial charge in [0.05, 0.1) is 16.7 Å². The van der Waals surface area contributed by atoms with Crippen molar-refractivity contribution >= 4 is 11.6 Å². The fraction of sp³-hybridized carbons (Fsp3) is 0.0714. The number of hydrogen-bond donors (Lipinski definition) is 0. The molecule has 0 aliphatic carbocycles. The number of ether oxygens (including phenoxy) is 1. The second kappa shape index (κ2) is 5.68. The van der Waals surface area contributed by atoms with Gasteiger partial charge in [0, 0.05) is 0 Å². The summed E-state index contributed by atoms with van der Waals surface area (Å²) in [5, 5.41) is 8.98. The van der Waals surface area contributed by atoms with Gasteiger partial charge in [0.1, 0.15) is 12.4 Å². The van der Waals surface area contributed by atoms with Gasteiger partial charge in [-0.15, -0.1) is 0 Å². The molecular formula is C14H8ClF2NO. The Labute approximate surface area is 113 Å². The van der Waals surface area contributed by atoms with Crippen molar-refractivity contribution in [2.45, 2.75) is 6.61 Å². The molecule has 0 spiro atoms. The van der Waals surface area contributed by atoms with Crippen molar-refractivity contribution in [3.05, 3.63) is 64.2 Å². The highest BCUT2D eigenvalue weighted by atomic mass is 35.5. The summed E-state index contributed by atoms with van der Waals surface area (Å²) in [6, 6.07) is 10.1. The molecule has 0 unspecified atom stereocenters. The zero-order chi connectivity index (χ0) is 13.8. The second-order valence-electron chi connectivity index (χ2n) is 3.79. The number of benzene rings is 2. The maximum Gasteiger partial charge on any atom is 0.159 e. The third-order valence-electron chi connectivity index (χ3n) is 2.44. The van der Waals surface area contributed by atoms with Crippen LogP contribution in [-0.2, 0) is 6.61 Å². The van der Waals surface area contributed by atoms with Gasteiger partial charge in [-0.05, 0) is 35.9 Å². The Balaban J connectivity index is 2.10. The quantitative estimate of drug-likeness (QED) is 0.848. The molecule has 0 atom stereocenters. The molecule has 0 aromatic heterocycles. The van der Waals surface area contributed by atoms with E-state index in [0.717, 1.165) is 12.1 Å². The molecule has 0 heterocycles. The Bertz CT molecular complexity index is 652. The zero-order valence-electron chi connectivity index (χ0n) is 9.66. The van der Waals surface area contributed by atoms with Crippen LogP contribution in [0.15, 0.2) is 36.4 Å². The predicted molar refractivity (Wildman–Crippen MR) is 66.9 cm³/mol. The number of hydrogen-bond acceptors (Lipinski definition) is 2. The first-order chi connectivity index (χ1) is 9.10. The molecule has 0 radical (unpaired) electrons. The minimum atomic E-state index is -0.924. The molecule has 0 saturated heterocycles. The molecule has 0 aliphatic rings. The van der Waals surface area contributed by atoms with Gasteiger partial charge in [-0.1, -0.05) is 17.7 Å². The summed E-state index contributed by atoms with van der Waals surface area (Å²) >= 11 is 5.92. The van der Waals surface area contributed by atoms with E-state index in [9.17, 15) is 8.78 Å². The highest BCUT2D eigenvalue weighted by Gasteiger charge is 2.06. The molecule has 0 N–H and O–H groups in total. The molecule has 0 aliphatic heterocycles. The topological polar surface area (TPSA) is 33.0 Å². The van der Waals surface area contributed by atoms with E-state index >= 15 is 0 Å². The Morgan fingerprint density at radius 2 is 1.89 bits per heavy atom. The summed E-state index contributed by atoms with van der Waals surface area (Å²) in [6.07, 6.45) is 0. The molecule has 0 amide bonds. The normalized spacial score (nSPS) is 10.0. The van der Waals surface area contributed by atoms with Gasteiger partial charge < -0.3 is 4.74 Å². The van der Waals surface area contributed by atoms with Crippen molar-refractivity contribution in [1.82, 2.24) is 0 Å². The highest BCUT2D eigenvalue weighted by Crippen LogP contribution is 2.26. The van der Waals surface area contributed by atoms with E-state index in [4.69, 9.17) is 21.6 Å². The first-order valence-electron chi connectivity index (χ1n) is 5.36. The van der Waals surface area contributed by atoms with Crippen molar-refractivity contribution < 1.29 is 13.5 Å². The van der Waals surface area contributed by atoms with Crippen molar-refractivity contribution in [3.8, 4) is 11.8 Å². The SMILES string of the molecule is N#Cc1ccc(OCc2ccc(F)c(F)c2)c(Cl)c1. The van der Waals surface area contributed by atoms with E-state index in [0.29, 0.717) is 21.9 Å². The lowest BCUT2D eigenvalue weighted by Crippen LogP contribution is -1.97. The molecule has 0 fully saturated rings. The molecule has 2 aromatic rings. The van der Waals surface area contributed by atoms with E-state index in [1.165, 1.54) is 12.1 Å². The van der Waals surface area contributed by atoms with Crippen molar-refractivity contribution in [2.75, 3.05) is 0 Å². The smallest absolute Gasteiger partial charge is 0.159 e. The largest absolute Gasteiger partial charge is 0.487 e. The summed E-state index contributed by atoms with van der Waals surface area (Å²) in [7, 11) is 0. The minimum Gasteiger partial charge on any atom is -0.487 e. The summed E-state index contributed by atoms with van der Waals surface area (Å²) in [5.74, 6) is -1.45. The number of nitriles is 1. The van der Waals surface area contributed by atoms with E-state index < -0.39 is 11.6 Å². The lowest BCUT2D eigenvalue weighted by molar-refractivity contribution is 0.305. The fourth-order valence-corrected chi connectivity index (χ4v) is 1.71. The first kappa shape index (κ1) is 13.3. The molecule has 0 saturated carbocycles. The van der Waals surface area contributed by atoms with Crippen LogP contribution in [0.3, 0.4) is 0 Å². The van der Waals surface area contributed by atoms with Crippen LogP contribution in [0.5, 0.6) is 5.75 Å². The Kier molecular flexibility index (Phi) is 3.98. The van der Waals surface area contributed by atoms with E-state index in [2.05, 4.69) is 0 Å². The van der Waals surface area contributed by atoms with Gasteiger partial charge in [-0.3, -0.25) is 0 Å². The number of halogens is 3. The predicted octanol–water partition coefficient (Wildman–Crippen LogP) is 4.07. The fourth-order valence-electron chi connectivity index (χ4n) is 1.48. The van der Waals surface area contributed by atoms with Crippen LogP contribution in [0.4, 0.5) is 8.78 Å². The number of rotatable bonds is 3. The molecule has 0 bridgehead atoms. The van der Waals surface area contributed by atoms with Crippen LogP contribution < -0.4 is 4.74 Å². The van der Waals surface area contributed by atoms with Gasteiger partial charge in [0.25, 0.3) is 0 Å². The van der Waals surface area contributed by atoms with Crippen LogP contribution in [0.2, 0.25) is 5.02 Å². The van der Waals surface area contributed by atoms with Crippen LogP contribution in [0.1, 0.15) is 11.1 Å². The third kappa shape index (κ3) is 3.21. The monoisotopic (exact) mass is 279 g/mol. The maximum atomic E-state index is 13.0. The highest BCUT2D eigenvalue weighted by molar-refractivity contribution is 6.32. The van der Waals surface area contributed by atoms with E-state index in [1.54, 1.807) is 12.1 Å². The second-order valence-corrected chi connectivity index (χ2v) is 4.20. The van der Waals surface area contributed by atoms with Gasteiger partial charge in [-0.25, -0.2) is 8.78 Å². The minimum absolute atomic E-state index is 0.0584. The van der Waals surface area contributed by atoms with Crippen molar-refractivity contribution in [2.24, 2.45) is 0 Å². The van der Waals surface area contributed by atoms with Gasteiger partial charge >= 0.3 is 0 Å². The zero-order valence-corrected chi connectivity index (χ0v) is 10.4. The maximum absolute atomic E-state index is 13.0. The standard InChI is InChI=1S/C14H8ClF2NO/c15-11-5-9(7-18)2-4-14(11)19-8-10-1-3-12(16)13(17)6-10/h1-6H,8H2. The molecule has 2 rings (SSSR count). The van der Waals surface area contributed by atoms with Gasteiger partial charge in [0.15, 0.2) is 11.6 Å². The van der Waals surface area contributed by atoms with E-state index in [1.807, 2.05) is 6.07 Å². The molecular weight excluding hydrogens is 272 g/mol. The molecule has 96 valence electrons. The lowest BCUT2D eigenvalue weighted by Gasteiger charge is -2.08. The van der Waals surface area contributed by atoms with Crippen LogP contribution in [0.25, 0.3) is 0 Å². The Hall–Kier alpha value is -2.12. The van der Waals surface area contributed by atoms with Crippen LogP contribution in [0, 0.1) is 23.0 Å². The molecule has 2 aromatic carbocycles. The van der Waals surface area contributed by atoms with Gasteiger partial charge in [-0.2, -0.15) is 5.26 Å². The molecule has 19 heavy (non-hydrogen) atoms. The summed E-state index contributed by atoms with van der Waals surface area (Å²) in [4.78, 5) is 0. The Morgan fingerprint density at radius 3 is 2.53 bits per heavy atom. The van der Waals surface area contributed by atoms with Gasteiger partial charge in [0.2, 0.25) is 0 Å². The first-order valence-corrected chi connectivity index (χ1v) is 5.74. The molecule has 2 nitrogen and oxygen atoms in total. The summed E-state index contributed by atoms with van der Waals surface area (Å²) in [5.41, 5.74) is 0.907. The third-order valence-corrected chi connectivity index (χ3v) is 2.73. The summed E-state index contributed by atoms with van der Waals surface area (Å²) in [6.45, 7) is 0.0584. The van der Waals surface area contributed by atoms with Crippen molar-refractivity contribution in [3.63, 3.8) is 0 Å². The van der Waals surface area contributed by atoms with Crippen molar-refractivity contribution in [1.29, 1.82) is 5.26 Å². The average molecular weight is 280 g/mol. The van der Waals surface area contributed by atoms with Crippen LogP contribution >= 0.6 is 11.6 Å². The van der Waals surface area contributed by atoms with E-state index in [-0.39, 0.29) is 6.61 Å². The summed E-state index contributed by atoms with van der Waals surface area (Å²) < 4.78 is 31.1. The molecule has 5 heteroatoms. The van der Waals surface area contributed by atoms with Crippen LogP contribution in [-0.4, -0.2) is 0 Å². The Morgan fingerprint density at radius 1 is 1.11 bits per heavy atom.